The Morgan fingerprint density at radius 2 is 2.20 bits per heavy atom. The third kappa shape index (κ3) is 2.38. The maximum atomic E-state index is 14.2. The van der Waals surface area contributed by atoms with Gasteiger partial charge >= 0.3 is 0 Å². The summed E-state index contributed by atoms with van der Waals surface area (Å²) in [5.74, 6) is -0.238. The Morgan fingerprint density at radius 3 is 2.85 bits per heavy atom. The molecule has 0 fully saturated rings. The van der Waals surface area contributed by atoms with Gasteiger partial charge in [0.05, 0.1) is 24.6 Å². The SMILES string of the molecule is CCCn1nncc1C(C)(O)c1c(F)cccc1OC. The fraction of sp³-hybridized carbons (Fsp3) is 0.429. The molecule has 0 saturated carbocycles. The van der Waals surface area contributed by atoms with Gasteiger partial charge in [-0.1, -0.05) is 18.2 Å². The molecule has 1 heterocycles. The minimum atomic E-state index is -1.57. The first-order valence-electron chi connectivity index (χ1n) is 6.46. The summed E-state index contributed by atoms with van der Waals surface area (Å²) in [6, 6.07) is 4.44. The van der Waals surface area contributed by atoms with Crippen molar-refractivity contribution in [1.29, 1.82) is 0 Å². The van der Waals surface area contributed by atoms with Crippen LogP contribution in [-0.4, -0.2) is 27.2 Å². The molecular formula is C14H18FN3O2. The van der Waals surface area contributed by atoms with Crippen LogP contribution in [0.15, 0.2) is 24.4 Å². The average molecular weight is 279 g/mol. The molecule has 1 aromatic heterocycles. The van der Waals surface area contributed by atoms with E-state index in [-0.39, 0.29) is 5.56 Å². The van der Waals surface area contributed by atoms with E-state index in [0.717, 1.165) is 6.42 Å². The van der Waals surface area contributed by atoms with Gasteiger partial charge in [-0.25, -0.2) is 9.07 Å². The minimum absolute atomic E-state index is 0.0853. The Morgan fingerprint density at radius 1 is 1.45 bits per heavy atom. The van der Waals surface area contributed by atoms with Gasteiger partial charge < -0.3 is 9.84 Å². The van der Waals surface area contributed by atoms with Gasteiger partial charge in [0.2, 0.25) is 0 Å². The van der Waals surface area contributed by atoms with Crippen molar-refractivity contribution in [3.63, 3.8) is 0 Å². The number of rotatable bonds is 5. The Kier molecular flexibility index (Phi) is 4.04. The van der Waals surface area contributed by atoms with Gasteiger partial charge in [0.25, 0.3) is 0 Å². The lowest BCUT2D eigenvalue weighted by Gasteiger charge is -2.26. The molecule has 0 radical (unpaired) electrons. The van der Waals surface area contributed by atoms with E-state index >= 15 is 0 Å². The van der Waals surface area contributed by atoms with Crippen LogP contribution in [0, 0.1) is 5.82 Å². The second-order valence-corrected chi connectivity index (χ2v) is 4.73. The van der Waals surface area contributed by atoms with Crippen LogP contribution in [0.5, 0.6) is 5.75 Å². The summed E-state index contributed by atoms with van der Waals surface area (Å²) in [7, 11) is 1.44. The predicted molar refractivity (Wildman–Crippen MR) is 71.9 cm³/mol. The molecule has 1 unspecified atom stereocenters. The van der Waals surface area contributed by atoms with Gasteiger partial charge in [0.15, 0.2) is 0 Å². The van der Waals surface area contributed by atoms with Crippen LogP contribution in [0.4, 0.5) is 4.39 Å². The number of hydrogen-bond donors (Lipinski definition) is 1. The maximum absolute atomic E-state index is 14.2. The molecule has 0 aliphatic heterocycles. The number of hydrogen-bond acceptors (Lipinski definition) is 4. The van der Waals surface area contributed by atoms with Crippen molar-refractivity contribution >= 4 is 0 Å². The number of halogens is 1. The number of nitrogens with zero attached hydrogens (tertiary/aromatic N) is 3. The maximum Gasteiger partial charge on any atom is 0.136 e. The lowest BCUT2D eigenvalue weighted by molar-refractivity contribution is 0.0841. The molecule has 2 rings (SSSR count). The Labute approximate surface area is 117 Å². The second-order valence-electron chi connectivity index (χ2n) is 4.73. The molecule has 0 aliphatic rings. The van der Waals surface area contributed by atoms with E-state index in [1.165, 1.54) is 32.4 Å². The fourth-order valence-corrected chi connectivity index (χ4v) is 2.29. The van der Waals surface area contributed by atoms with Crippen LogP contribution in [-0.2, 0) is 12.1 Å². The van der Waals surface area contributed by atoms with E-state index < -0.39 is 11.4 Å². The molecule has 6 heteroatoms. The number of aromatic nitrogens is 3. The molecule has 5 nitrogen and oxygen atoms in total. The molecule has 0 aliphatic carbocycles. The van der Waals surface area contributed by atoms with Crippen LogP contribution in [0.3, 0.4) is 0 Å². The summed E-state index contributed by atoms with van der Waals surface area (Å²) in [6.45, 7) is 4.10. The van der Waals surface area contributed by atoms with Crippen molar-refractivity contribution in [3.8, 4) is 5.75 Å². The van der Waals surface area contributed by atoms with Crippen LogP contribution in [0.25, 0.3) is 0 Å². The molecule has 0 spiro atoms. The van der Waals surface area contributed by atoms with Crippen LogP contribution in [0.1, 0.15) is 31.5 Å². The highest BCUT2D eigenvalue weighted by Gasteiger charge is 2.35. The van der Waals surface area contributed by atoms with Crippen molar-refractivity contribution < 1.29 is 14.2 Å². The van der Waals surface area contributed by atoms with Crippen molar-refractivity contribution in [2.45, 2.75) is 32.4 Å². The lowest BCUT2D eigenvalue weighted by atomic mass is 9.91. The zero-order chi connectivity index (χ0) is 14.8. The average Bonchev–Trinajstić information content (AvgIpc) is 2.87. The van der Waals surface area contributed by atoms with E-state index in [9.17, 15) is 9.50 Å². The topological polar surface area (TPSA) is 60.2 Å². The van der Waals surface area contributed by atoms with Gasteiger partial charge in [-0.3, -0.25) is 0 Å². The first kappa shape index (κ1) is 14.5. The molecule has 1 N–H and O–H groups in total. The van der Waals surface area contributed by atoms with Crippen molar-refractivity contribution in [2.75, 3.05) is 7.11 Å². The number of methoxy groups -OCH3 is 1. The molecule has 2 aromatic rings. The van der Waals surface area contributed by atoms with Gasteiger partial charge in [-0.05, 0) is 25.5 Å². The first-order valence-corrected chi connectivity index (χ1v) is 6.46. The van der Waals surface area contributed by atoms with Gasteiger partial charge in [-0.15, -0.1) is 5.10 Å². The summed E-state index contributed by atoms with van der Waals surface area (Å²) in [6.07, 6.45) is 2.28. The van der Waals surface area contributed by atoms with Crippen molar-refractivity contribution in [3.05, 3.63) is 41.5 Å². The van der Waals surface area contributed by atoms with E-state index in [0.29, 0.717) is 18.0 Å². The van der Waals surface area contributed by atoms with Crippen molar-refractivity contribution in [1.82, 2.24) is 15.0 Å². The molecule has 1 aromatic carbocycles. The number of aryl methyl sites for hydroxylation is 1. The molecule has 0 amide bonds. The fourth-order valence-electron chi connectivity index (χ4n) is 2.29. The normalized spacial score (nSPS) is 14.1. The zero-order valence-corrected chi connectivity index (χ0v) is 11.8. The Bertz CT molecular complexity index is 596. The first-order chi connectivity index (χ1) is 9.52. The third-order valence-electron chi connectivity index (χ3n) is 3.23. The Hall–Kier alpha value is -1.95. The minimum Gasteiger partial charge on any atom is -0.496 e. The monoisotopic (exact) mass is 279 g/mol. The second kappa shape index (κ2) is 5.58. The van der Waals surface area contributed by atoms with E-state index in [2.05, 4.69) is 10.3 Å². The van der Waals surface area contributed by atoms with E-state index in [1.54, 1.807) is 10.7 Å². The van der Waals surface area contributed by atoms with E-state index in [4.69, 9.17) is 4.74 Å². The molecule has 0 saturated heterocycles. The van der Waals surface area contributed by atoms with Crippen LogP contribution < -0.4 is 4.74 Å². The van der Waals surface area contributed by atoms with E-state index in [1.807, 2.05) is 6.92 Å². The largest absolute Gasteiger partial charge is 0.496 e. The highest BCUT2D eigenvalue weighted by molar-refractivity contribution is 5.43. The molecule has 0 bridgehead atoms. The van der Waals surface area contributed by atoms with Gasteiger partial charge in [0.1, 0.15) is 17.2 Å². The highest BCUT2D eigenvalue weighted by Crippen LogP contribution is 2.36. The smallest absolute Gasteiger partial charge is 0.136 e. The highest BCUT2D eigenvalue weighted by atomic mass is 19.1. The Balaban J connectivity index is 2.57. The zero-order valence-electron chi connectivity index (χ0n) is 11.8. The summed E-state index contributed by atoms with van der Waals surface area (Å²) in [5.41, 5.74) is -1.06. The third-order valence-corrected chi connectivity index (χ3v) is 3.23. The molecule has 20 heavy (non-hydrogen) atoms. The molecular weight excluding hydrogens is 261 g/mol. The number of ether oxygens (including phenoxy) is 1. The standard InChI is InChI=1S/C14H18FN3O2/c1-4-8-18-12(9-16-17-18)14(2,19)13-10(15)6-5-7-11(13)20-3/h5-7,9,19H,4,8H2,1-3H3. The summed E-state index contributed by atoms with van der Waals surface area (Å²) in [5, 5.41) is 18.6. The lowest BCUT2D eigenvalue weighted by Crippen LogP contribution is -2.29. The summed E-state index contributed by atoms with van der Waals surface area (Å²) < 4.78 is 20.9. The summed E-state index contributed by atoms with van der Waals surface area (Å²) >= 11 is 0. The van der Waals surface area contributed by atoms with Crippen molar-refractivity contribution in [2.24, 2.45) is 0 Å². The number of benzene rings is 1. The number of aliphatic hydroxyl groups is 1. The van der Waals surface area contributed by atoms with Gasteiger partial charge in [-0.2, -0.15) is 0 Å². The molecule has 1 atom stereocenters. The summed E-state index contributed by atoms with van der Waals surface area (Å²) in [4.78, 5) is 0. The molecule has 108 valence electrons. The van der Waals surface area contributed by atoms with Crippen LogP contribution in [0.2, 0.25) is 0 Å². The van der Waals surface area contributed by atoms with Crippen LogP contribution >= 0.6 is 0 Å². The quantitative estimate of drug-likeness (QED) is 0.910. The predicted octanol–water partition coefficient (Wildman–Crippen LogP) is 2.09. The van der Waals surface area contributed by atoms with Gasteiger partial charge in [0, 0.05) is 6.54 Å².